The number of rotatable bonds is 8. The van der Waals surface area contributed by atoms with Crippen molar-refractivity contribution in [2.24, 2.45) is 20.0 Å². The summed E-state index contributed by atoms with van der Waals surface area (Å²) in [7, 11) is 28.7. The van der Waals surface area contributed by atoms with Gasteiger partial charge in [0.25, 0.3) is 0 Å². The van der Waals surface area contributed by atoms with Crippen molar-refractivity contribution in [2.75, 3.05) is 113 Å². The topological polar surface area (TPSA) is 75.4 Å². The molecule has 4 aromatic carbocycles. The highest BCUT2D eigenvalue weighted by Gasteiger charge is 2.64. The van der Waals surface area contributed by atoms with Gasteiger partial charge in [-0.15, -0.1) is 0 Å². The van der Waals surface area contributed by atoms with Gasteiger partial charge in [0, 0.05) is 84.6 Å². The quantitative estimate of drug-likeness (QED) is 0.0859. The van der Waals surface area contributed by atoms with Gasteiger partial charge in [-0.05, 0) is 24.3 Å². The predicted molar refractivity (Wildman–Crippen MR) is 256 cm³/mol. The Bertz CT molecular complexity index is 1920. The van der Waals surface area contributed by atoms with Crippen LogP contribution in [0.3, 0.4) is 0 Å². The lowest BCUT2D eigenvalue weighted by Crippen LogP contribution is -2.75. The first-order valence-electron chi connectivity index (χ1n) is 19.8. The van der Waals surface area contributed by atoms with Crippen LogP contribution in [-0.2, 0) is 0 Å². The minimum atomic E-state index is -2.72. The van der Waals surface area contributed by atoms with Crippen LogP contribution in [0, 0.1) is 23.3 Å². The van der Waals surface area contributed by atoms with Crippen LogP contribution in [0.2, 0.25) is 0 Å². The molecule has 0 aliphatic heterocycles. The third-order valence-corrected chi connectivity index (χ3v) is 14.5. The third kappa shape index (κ3) is 10.3. The molecule has 0 spiro atoms. The number of hydrogen-bond acceptors (Lipinski definition) is 4. The average molecular weight is 879 g/mol. The Kier molecular flexibility index (Phi) is 17.8. The monoisotopic (exact) mass is 879 g/mol. The largest absolute Gasteiger partial charge is 0.415 e. The molecule has 0 bridgehead atoms. The summed E-state index contributed by atoms with van der Waals surface area (Å²) in [6.45, 7) is 0. The van der Waals surface area contributed by atoms with Gasteiger partial charge in [0.15, 0.2) is 0 Å². The molecule has 62 heavy (non-hydrogen) atoms. The van der Waals surface area contributed by atoms with Gasteiger partial charge in [-0.2, -0.15) is 40.5 Å². The number of nitrogens with zero attached hydrogens (tertiary/aromatic N) is 12. The van der Waals surface area contributed by atoms with Crippen molar-refractivity contribution < 1.29 is 17.6 Å². The Labute approximate surface area is 367 Å². The first-order valence-corrected chi connectivity index (χ1v) is 21.4. The summed E-state index contributed by atoms with van der Waals surface area (Å²) in [4.78, 5) is 26.6. The SMILES string of the molecule is C/N=C(\N(C)C)N(C)[P+](N(C)/C(=N/C)N(C)C)(N(C)/C(=N/C)N(C)C)N(C)/C(=N/C)N(C)C.Fc1cccc([B-](c2cccc(F)c2)(c2cccc(F)c2)c2cccc(F)c2)c1. The highest BCUT2D eigenvalue weighted by atomic mass is 31.2. The minimum absolute atomic E-state index is 0.488. The molecule has 0 saturated heterocycles. The second-order valence-corrected chi connectivity index (χ2v) is 18.9. The van der Waals surface area contributed by atoms with Crippen molar-refractivity contribution in [2.45, 2.75) is 0 Å². The minimum Gasteiger partial charge on any atom is -0.346 e. The van der Waals surface area contributed by atoms with Crippen LogP contribution in [0.25, 0.3) is 0 Å². The third-order valence-electron chi connectivity index (χ3n) is 10.6. The molecule has 4 aromatic rings. The maximum absolute atomic E-state index is 14.3. The number of aliphatic imine (C=N–C) groups is 4. The van der Waals surface area contributed by atoms with Crippen molar-refractivity contribution in [3.8, 4) is 0 Å². The fraction of sp³-hybridized carbons (Fsp3) is 0.364. The molecular formula is C44H64BF4N12P. The molecule has 0 N–H and O–H groups in total. The van der Waals surface area contributed by atoms with Crippen molar-refractivity contribution in [1.29, 1.82) is 0 Å². The second-order valence-electron chi connectivity index (χ2n) is 15.4. The highest BCUT2D eigenvalue weighted by Crippen LogP contribution is 2.68. The number of hydrogen-bond donors (Lipinski definition) is 0. The smallest absolute Gasteiger partial charge is 0.346 e. The van der Waals surface area contributed by atoms with Gasteiger partial charge in [0.1, 0.15) is 29.4 Å². The van der Waals surface area contributed by atoms with Crippen molar-refractivity contribution in [3.63, 3.8) is 0 Å². The highest BCUT2D eigenvalue weighted by molar-refractivity contribution is 7.69. The van der Waals surface area contributed by atoms with Gasteiger partial charge >= 0.3 is 7.87 Å². The Morgan fingerprint density at radius 3 is 0.710 bits per heavy atom. The molecule has 0 saturated carbocycles. The molecule has 336 valence electrons. The molecule has 18 heteroatoms. The molecule has 0 amide bonds. The van der Waals surface area contributed by atoms with E-state index in [4.69, 9.17) is 0 Å². The van der Waals surface area contributed by atoms with Crippen LogP contribution in [0.1, 0.15) is 0 Å². The van der Waals surface area contributed by atoms with Crippen LogP contribution >= 0.6 is 7.87 Å². The molecule has 0 unspecified atom stereocenters. The molecule has 0 aliphatic carbocycles. The van der Waals surface area contributed by atoms with E-state index in [9.17, 15) is 17.6 Å². The van der Waals surface area contributed by atoms with Crippen LogP contribution < -0.4 is 21.9 Å². The van der Waals surface area contributed by atoms with Crippen molar-refractivity contribution >= 4 is 59.7 Å². The second kappa shape index (κ2) is 21.8. The van der Waals surface area contributed by atoms with Crippen LogP contribution in [-0.4, -0.2) is 181 Å². The van der Waals surface area contributed by atoms with Gasteiger partial charge in [-0.25, -0.2) is 17.6 Å². The first kappa shape index (κ1) is 50.5. The zero-order chi connectivity index (χ0) is 46.7. The fourth-order valence-electron chi connectivity index (χ4n) is 8.48. The van der Waals surface area contributed by atoms with Gasteiger partial charge < -0.3 is 19.6 Å². The Hall–Kier alpha value is -5.83. The van der Waals surface area contributed by atoms with E-state index in [1.165, 1.54) is 48.5 Å². The van der Waals surface area contributed by atoms with E-state index in [1.807, 2.05) is 104 Å². The van der Waals surface area contributed by atoms with Gasteiger partial charge in [-0.1, -0.05) is 72.8 Å². The summed E-state index contributed by atoms with van der Waals surface area (Å²) >= 11 is 0. The average Bonchev–Trinajstić information content (AvgIpc) is 3.19. The van der Waals surface area contributed by atoms with Crippen LogP contribution in [0.15, 0.2) is 117 Å². The summed E-state index contributed by atoms with van der Waals surface area (Å²) in [6, 6.07) is 23.5. The van der Waals surface area contributed by atoms with E-state index in [0.29, 0.717) is 21.9 Å². The summed E-state index contributed by atoms with van der Waals surface area (Å²) in [5, 5.41) is 0. The standard InChI is InChI=1S/C24H16BF4.C20H48N12P/c26-21-9-1-5-17(13-21)25(18-6-2-10-22(27)14-18,19-7-3-11-23(28)15-19)20-8-4-12-24(29)16-20;1-21-17(25(5)6)29(13)33(30(14)18(22-2)26(7)8,31(15)19(23-3)27(9)10)32(16)20(24-4)28(11)12/h1-16H;1-16H3/q-1;+1/b;21-17+,22-18+,23-19+,24-20+. The fourth-order valence-corrected chi connectivity index (χ4v) is 12.9. The van der Waals surface area contributed by atoms with Gasteiger partial charge in [0.2, 0.25) is 23.8 Å². The first-order chi connectivity index (χ1) is 29.2. The lowest BCUT2D eigenvalue weighted by molar-refractivity contribution is 0.409. The zero-order valence-corrected chi connectivity index (χ0v) is 40.0. The summed E-state index contributed by atoms with van der Waals surface area (Å²) < 4.78 is 65.9. The molecule has 12 nitrogen and oxygen atoms in total. The summed E-state index contributed by atoms with van der Waals surface area (Å²) in [5.74, 6) is 1.29. The molecule has 0 heterocycles. The molecule has 0 aliphatic rings. The lowest BCUT2D eigenvalue weighted by atomic mass is 9.13. The summed E-state index contributed by atoms with van der Waals surface area (Å²) in [6.07, 6.45) is -2.25. The molecule has 0 atom stereocenters. The predicted octanol–water partition coefficient (Wildman–Crippen LogP) is 4.20. The van der Waals surface area contributed by atoms with Crippen molar-refractivity contribution in [3.05, 3.63) is 120 Å². The van der Waals surface area contributed by atoms with Gasteiger partial charge in [-0.3, -0.25) is 20.0 Å². The summed E-state index contributed by atoms with van der Waals surface area (Å²) in [5.41, 5.74) is 1.97. The number of guanidine groups is 4. The normalized spacial score (nSPS) is 12.6. The van der Waals surface area contributed by atoms with E-state index in [-0.39, 0.29) is 0 Å². The Balaban J connectivity index is 0.000000332. The van der Waals surface area contributed by atoms with Crippen molar-refractivity contribution in [1.82, 2.24) is 38.3 Å². The van der Waals surface area contributed by atoms with E-state index in [2.05, 4.69) is 66.8 Å². The van der Waals surface area contributed by atoms with E-state index >= 15 is 0 Å². The Morgan fingerprint density at radius 2 is 0.565 bits per heavy atom. The number of halogens is 4. The Morgan fingerprint density at radius 1 is 0.371 bits per heavy atom. The van der Waals surface area contributed by atoms with E-state index in [0.717, 1.165) is 23.8 Å². The molecule has 0 radical (unpaired) electrons. The van der Waals surface area contributed by atoms with Crippen LogP contribution in [0.5, 0.6) is 0 Å². The molecule has 4 rings (SSSR count). The molecule has 0 aromatic heterocycles. The molecule has 0 fully saturated rings. The van der Waals surface area contributed by atoms with Gasteiger partial charge in [0.05, 0.1) is 28.2 Å². The zero-order valence-electron chi connectivity index (χ0n) is 39.1. The molecular weight excluding hydrogens is 814 g/mol. The van der Waals surface area contributed by atoms with E-state index in [1.54, 1.807) is 48.5 Å². The number of benzene rings is 4. The van der Waals surface area contributed by atoms with E-state index < -0.39 is 37.3 Å². The maximum atomic E-state index is 14.3. The van der Waals surface area contributed by atoms with Crippen LogP contribution in [0.4, 0.5) is 17.6 Å². The lowest BCUT2D eigenvalue weighted by Gasteiger charge is -2.50. The maximum Gasteiger partial charge on any atom is 0.415 e.